The monoisotopic (exact) mass is 370 g/mol. The van der Waals surface area contributed by atoms with Crippen molar-refractivity contribution >= 4 is 21.3 Å². The number of rotatable bonds is 4. The van der Waals surface area contributed by atoms with Gasteiger partial charge in [-0.25, -0.2) is 8.42 Å². The first-order valence-electron chi connectivity index (χ1n) is 9.03. The first kappa shape index (κ1) is 18.5. The van der Waals surface area contributed by atoms with Crippen molar-refractivity contribution < 1.29 is 8.42 Å². The van der Waals surface area contributed by atoms with Crippen LogP contribution in [0.1, 0.15) is 37.8 Å². The molecule has 2 aromatic rings. The van der Waals surface area contributed by atoms with Crippen molar-refractivity contribution in [2.75, 3.05) is 10.8 Å². The number of aryl methyl sites for hydroxylation is 1. The Morgan fingerprint density at radius 2 is 1.77 bits per heavy atom. The highest BCUT2D eigenvalue weighted by Crippen LogP contribution is 2.36. The molecule has 1 heterocycles. The molecule has 26 heavy (non-hydrogen) atoms. The van der Waals surface area contributed by atoms with E-state index in [0.717, 1.165) is 35.2 Å². The summed E-state index contributed by atoms with van der Waals surface area (Å²) in [7, 11) is -3.58. The Kier molecular flexibility index (Phi) is 5.37. The molecule has 2 aromatic carbocycles. The minimum Gasteiger partial charge on any atom is -0.388 e. The van der Waals surface area contributed by atoms with E-state index in [1.54, 1.807) is 16.4 Å². The first-order chi connectivity index (χ1) is 12.4. The summed E-state index contributed by atoms with van der Waals surface area (Å²) in [6, 6.07) is 15.2. The Balaban J connectivity index is 2.06. The van der Waals surface area contributed by atoms with E-state index in [9.17, 15) is 8.42 Å². The van der Waals surface area contributed by atoms with E-state index in [4.69, 9.17) is 0 Å². The van der Waals surface area contributed by atoms with Crippen LogP contribution in [-0.2, 0) is 10.0 Å². The van der Waals surface area contributed by atoms with E-state index in [-0.39, 0.29) is 0 Å². The van der Waals surface area contributed by atoms with Gasteiger partial charge in [0.1, 0.15) is 0 Å². The van der Waals surface area contributed by atoms with E-state index in [1.807, 2.05) is 49.5 Å². The number of anilines is 1. The van der Waals surface area contributed by atoms with Gasteiger partial charge >= 0.3 is 0 Å². The molecule has 5 heteroatoms. The van der Waals surface area contributed by atoms with E-state index in [1.165, 1.54) is 0 Å². The van der Waals surface area contributed by atoms with Gasteiger partial charge in [-0.05, 0) is 57.4 Å². The molecule has 1 aliphatic heterocycles. The fourth-order valence-electron chi connectivity index (χ4n) is 3.14. The minimum atomic E-state index is -3.58. The van der Waals surface area contributed by atoms with Gasteiger partial charge in [0.25, 0.3) is 10.0 Å². The van der Waals surface area contributed by atoms with Crippen molar-refractivity contribution in [2.45, 2.75) is 44.6 Å². The Hall–Kier alpha value is -2.27. The normalized spacial score (nSPS) is 16.5. The minimum absolute atomic E-state index is 0.338. The molecule has 0 radical (unpaired) electrons. The molecule has 4 nitrogen and oxygen atoms in total. The van der Waals surface area contributed by atoms with Crippen molar-refractivity contribution in [1.29, 1.82) is 0 Å². The zero-order valence-electron chi connectivity index (χ0n) is 15.6. The summed E-state index contributed by atoms with van der Waals surface area (Å²) in [5.41, 5.74) is 3.93. The van der Waals surface area contributed by atoms with Gasteiger partial charge in [-0.2, -0.15) is 0 Å². The molecule has 0 spiro atoms. The standard InChI is InChI=1S/C21H26N2O2S/c1-16(2)22-15-18-7-6-14-23(21-9-5-4-8-20(18)21)26(24,25)19-12-10-17(3)11-13-19/h4-5,8-13,15-16,22H,6-7,14H2,1-3H3/b18-15-. The molecular formula is C21H26N2O2S. The predicted octanol–water partition coefficient (Wildman–Crippen LogP) is 4.32. The molecule has 0 aliphatic carbocycles. The fraction of sp³-hybridized carbons (Fsp3) is 0.333. The van der Waals surface area contributed by atoms with E-state index < -0.39 is 10.0 Å². The Labute approximate surface area is 156 Å². The van der Waals surface area contributed by atoms with Gasteiger partial charge in [0, 0.05) is 24.4 Å². The second-order valence-corrected chi connectivity index (χ2v) is 8.86. The lowest BCUT2D eigenvalue weighted by molar-refractivity contribution is 0.590. The van der Waals surface area contributed by atoms with Crippen LogP contribution in [0.25, 0.3) is 5.57 Å². The molecule has 138 valence electrons. The number of hydrogen-bond acceptors (Lipinski definition) is 3. The lowest BCUT2D eigenvalue weighted by atomic mass is 10.0. The molecule has 0 unspecified atom stereocenters. The summed E-state index contributed by atoms with van der Waals surface area (Å²) >= 11 is 0. The van der Waals surface area contributed by atoms with E-state index >= 15 is 0 Å². The van der Waals surface area contributed by atoms with Crippen LogP contribution in [0.3, 0.4) is 0 Å². The maximum atomic E-state index is 13.3. The van der Waals surface area contributed by atoms with E-state index in [0.29, 0.717) is 17.5 Å². The third-order valence-corrected chi connectivity index (χ3v) is 6.35. The van der Waals surface area contributed by atoms with Crippen molar-refractivity contribution in [3.63, 3.8) is 0 Å². The predicted molar refractivity (Wildman–Crippen MR) is 108 cm³/mol. The van der Waals surface area contributed by atoms with Crippen LogP contribution in [0.4, 0.5) is 5.69 Å². The molecular weight excluding hydrogens is 344 g/mol. The van der Waals surface area contributed by atoms with Crippen LogP contribution in [0.15, 0.2) is 59.6 Å². The maximum absolute atomic E-state index is 13.3. The number of fused-ring (bicyclic) bond motifs is 1. The number of nitrogens with one attached hydrogen (secondary N) is 1. The van der Waals surface area contributed by atoms with Gasteiger partial charge in [-0.3, -0.25) is 4.31 Å². The Morgan fingerprint density at radius 3 is 2.46 bits per heavy atom. The lowest BCUT2D eigenvalue weighted by Gasteiger charge is -2.24. The van der Waals surface area contributed by atoms with Crippen LogP contribution >= 0.6 is 0 Å². The van der Waals surface area contributed by atoms with Crippen LogP contribution in [0.5, 0.6) is 0 Å². The second kappa shape index (κ2) is 7.54. The smallest absolute Gasteiger partial charge is 0.264 e. The molecule has 0 saturated heterocycles. The highest BCUT2D eigenvalue weighted by Gasteiger charge is 2.29. The number of allylic oxidation sites excluding steroid dienone is 1. The van der Waals surface area contributed by atoms with Crippen LogP contribution in [-0.4, -0.2) is 21.0 Å². The average Bonchev–Trinajstić information content (AvgIpc) is 2.80. The zero-order chi connectivity index (χ0) is 18.7. The number of sulfonamides is 1. The third-order valence-electron chi connectivity index (χ3n) is 4.53. The molecule has 0 bridgehead atoms. The highest BCUT2D eigenvalue weighted by molar-refractivity contribution is 7.92. The van der Waals surface area contributed by atoms with Gasteiger partial charge < -0.3 is 5.32 Å². The molecule has 0 saturated carbocycles. The molecule has 0 amide bonds. The van der Waals surface area contributed by atoms with Crippen molar-refractivity contribution in [3.8, 4) is 0 Å². The van der Waals surface area contributed by atoms with Gasteiger partial charge in [-0.1, -0.05) is 35.9 Å². The van der Waals surface area contributed by atoms with Gasteiger partial charge in [0.2, 0.25) is 0 Å². The summed E-state index contributed by atoms with van der Waals surface area (Å²) < 4.78 is 28.1. The van der Waals surface area contributed by atoms with Crippen molar-refractivity contribution in [3.05, 3.63) is 65.9 Å². The first-order valence-corrected chi connectivity index (χ1v) is 10.5. The summed E-state index contributed by atoms with van der Waals surface area (Å²) in [4.78, 5) is 0.339. The second-order valence-electron chi connectivity index (χ2n) is 7.00. The summed E-state index contributed by atoms with van der Waals surface area (Å²) in [6.45, 7) is 6.62. The fourth-order valence-corrected chi connectivity index (χ4v) is 4.66. The molecule has 1 N–H and O–H groups in total. The molecule has 1 aliphatic rings. The Morgan fingerprint density at radius 1 is 1.08 bits per heavy atom. The molecule has 3 rings (SSSR count). The molecule has 0 aromatic heterocycles. The lowest BCUT2D eigenvalue weighted by Crippen LogP contribution is -2.31. The number of nitrogens with zero attached hydrogens (tertiary/aromatic N) is 1. The SMILES string of the molecule is Cc1ccc(S(=O)(=O)N2CCC/C(=C/NC(C)C)c3ccccc32)cc1. The van der Waals surface area contributed by atoms with Crippen LogP contribution < -0.4 is 9.62 Å². The summed E-state index contributed by atoms with van der Waals surface area (Å²) in [6.07, 6.45) is 3.66. The quantitative estimate of drug-likeness (QED) is 0.872. The number of hydrogen-bond donors (Lipinski definition) is 1. The van der Waals surface area contributed by atoms with Crippen molar-refractivity contribution in [1.82, 2.24) is 5.32 Å². The molecule has 0 atom stereocenters. The Bertz CT molecular complexity index is 900. The van der Waals surface area contributed by atoms with Gasteiger partial charge in [0.15, 0.2) is 0 Å². The molecule has 0 fully saturated rings. The highest BCUT2D eigenvalue weighted by atomic mass is 32.2. The number of benzene rings is 2. The topological polar surface area (TPSA) is 49.4 Å². The van der Waals surface area contributed by atoms with Crippen LogP contribution in [0, 0.1) is 6.92 Å². The maximum Gasteiger partial charge on any atom is 0.264 e. The summed E-state index contributed by atoms with van der Waals surface area (Å²) in [5.74, 6) is 0. The van der Waals surface area contributed by atoms with E-state index in [2.05, 4.69) is 19.2 Å². The average molecular weight is 371 g/mol. The largest absolute Gasteiger partial charge is 0.388 e. The van der Waals surface area contributed by atoms with Gasteiger partial charge in [-0.15, -0.1) is 0 Å². The van der Waals surface area contributed by atoms with Crippen molar-refractivity contribution in [2.24, 2.45) is 0 Å². The number of para-hydroxylation sites is 1. The zero-order valence-corrected chi connectivity index (χ0v) is 16.4. The summed E-state index contributed by atoms with van der Waals surface area (Å²) in [5, 5.41) is 3.35. The van der Waals surface area contributed by atoms with Gasteiger partial charge in [0.05, 0.1) is 10.6 Å². The van der Waals surface area contributed by atoms with Crippen LogP contribution in [0.2, 0.25) is 0 Å². The third kappa shape index (κ3) is 3.78.